The molecule has 0 spiro atoms. The summed E-state index contributed by atoms with van der Waals surface area (Å²) in [7, 11) is 4.11. The molecule has 2 rings (SSSR count). The first kappa shape index (κ1) is 16.8. The number of hydrogen-bond donors (Lipinski definition) is 2. The number of anilines is 3. The zero-order valence-electron chi connectivity index (χ0n) is 12.6. The van der Waals surface area contributed by atoms with Crippen LogP contribution in [0.15, 0.2) is 30.5 Å². The summed E-state index contributed by atoms with van der Waals surface area (Å²) in [6, 6.07) is 7.06. The second-order valence-corrected chi connectivity index (χ2v) is 6.01. The van der Waals surface area contributed by atoms with E-state index in [2.05, 4.69) is 39.6 Å². The lowest BCUT2D eigenvalue weighted by Crippen LogP contribution is -2.17. The quantitative estimate of drug-likeness (QED) is 0.749. The fraction of sp³-hybridized carbons (Fsp3) is 0.333. The Bertz CT molecular complexity index is 598. The third-order valence-electron chi connectivity index (χ3n) is 2.86. The van der Waals surface area contributed by atoms with Crippen LogP contribution in [-0.4, -0.2) is 42.1 Å². The first-order valence-corrected chi connectivity index (χ1v) is 7.73. The normalized spacial score (nSPS) is 10.8. The summed E-state index contributed by atoms with van der Waals surface area (Å²) < 4.78 is 0. The largest absolute Gasteiger partial charge is 0.354 e. The van der Waals surface area contributed by atoms with Gasteiger partial charge in [-0.25, -0.2) is 4.98 Å². The summed E-state index contributed by atoms with van der Waals surface area (Å²) >= 11 is 12.0. The van der Waals surface area contributed by atoms with Gasteiger partial charge in [0.2, 0.25) is 5.95 Å². The van der Waals surface area contributed by atoms with Crippen molar-refractivity contribution < 1.29 is 0 Å². The molecule has 1 aromatic heterocycles. The third kappa shape index (κ3) is 5.67. The predicted molar refractivity (Wildman–Crippen MR) is 93.4 cm³/mol. The number of hydrogen-bond acceptors (Lipinski definition) is 5. The summed E-state index contributed by atoms with van der Waals surface area (Å²) in [4.78, 5) is 10.8. The van der Waals surface area contributed by atoms with E-state index in [1.165, 1.54) is 0 Å². The zero-order valence-corrected chi connectivity index (χ0v) is 14.1. The Kier molecular flexibility index (Phi) is 6.24. The first-order valence-electron chi connectivity index (χ1n) is 6.98. The van der Waals surface area contributed by atoms with E-state index in [4.69, 9.17) is 23.2 Å². The Morgan fingerprint density at radius 1 is 1.14 bits per heavy atom. The van der Waals surface area contributed by atoms with Crippen LogP contribution in [0.4, 0.5) is 17.5 Å². The number of rotatable bonds is 7. The van der Waals surface area contributed by atoms with E-state index in [9.17, 15) is 0 Å². The van der Waals surface area contributed by atoms with Crippen molar-refractivity contribution in [1.82, 2.24) is 14.9 Å². The van der Waals surface area contributed by atoms with E-state index in [1.807, 2.05) is 0 Å². The zero-order chi connectivity index (χ0) is 15.9. The van der Waals surface area contributed by atoms with E-state index in [0.717, 1.165) is 25.2 Å². The van der Waals surface area contributed by atoms with Crippen molar-refractivity contribution in [1.29, 1.82) is 0 Å². The molecule has 0 unspecified atom stereocenters. The molecule has 0 saturated heterocycles. The molecule has 1 aromatic carbocycles. The molecule has 0 bridgehead atoms. The van der Waals surface area contributed by atoms with Gasteiger partial charge in [-0.3, -0.25) is 0 Å². The fourth-order valence-corrected chi connectivity index (χ4v) is 2.41. The highest BCUT2D eigenvalue weighted by Gasteiger charge is 2.02. The molecule has 0 amide bonds. The molecule has 2 aromatic rings. The molecule has 0 aliphatic heterocycles. The summed E-state index contributed by atoms with van der Waals surface area (Å²) in [5, 5.41) is 7.52. The monoisotopic (exact) mass is 339 g/mol. The van der Waals surface area contributed by atoms with Crippen LogP contribution in [-0.2, 0) is 0 Å². The molecule has 1 heterocycles. The van der Waals surface area contributed by atoms with E-state index >= 15 is 0 Å². The van der Waals surface area contributed by atoms with Crippen LogP contribution >= 0.6 is 23.2 Å². The number of nitrogens with one attached hydrogen (secondary N) is 2. The van der Waals surface area contributed by atoms with Crippen molar-refractivity contribution >= 4 is 40.7 Å². The summed E-state index contributed by atoms with van der Waals surface area (Å²) in [6.45, 7) is 1.84. The molecule has 0 aliphatic rings. The van der Waals surface area contributed by atoms with Crippen molar-refractivity contribution in [3.8, 4) is 0 Å². The number of nitrogens with zero attached hydrogens (tertiary/aromatic N) is 3. The van der Waals surface area contributed by atoms with Crippen LogP contribution in [0.2, 0.25) is 10.0 Å². The van der Waals surface area contributed by atoms with Gasteiger partial charge in [-0.2, -0.15) is 4.98 Å². The standard InChI is InChI=1S/C15H19Cl2N5/c1-22(2)7-3-5-18-15-19-6-4-14(21-15)20-13-9-11(16)8-12(17)10-13/h4,6,8-10H,3,5,7H2,1-2H3,(H2,18,19,20,21). The minimum atomic E-state index is 0.575. The fourth-order valence-electron chi connectivity index (χ4n) is 1.88. The lowest BCUT2D eigenvalue weighted by molar-refractivity contribution is 0.405. The van der Waals surface area contributed by atoms with Crippen molar-refractivity contribution in [2.45, 2.75) is 6.42 Å². The first-order chi connectivity index (χ1) is 10.5. The van der Waals surface area contributed by atoms with E-state index in [0.29, 0.717) is 21.8 Å². The number of benzene rings is 1. The molecule has 5 nitrogen and oxygen atoms in total. The minimum absolute atomic E-state index is 0.575. The maximum absolute atomic E-state index is 5.98. The Hall–Kier alpha value is -1.56. The minimum Gasteiger partial charge on any atom is -0.354 e. The molecule has 118 valence electrons. The van der Waals surface area contributed by atoms with Crippen LogP contribution in [0, 0.1) is 0 Å². The topological polar surface area (TPSA) is 53.1 Å². The molecule has 2 N–H and O–H groups in total. The molecule has 0 aliphatic carbocycles. The lowest BCUT2D eigenvalue weighted by atomic mass is 10.3. The van der Waals surface area contributed by atoms with Gasteiger partial charge >= 0.3 is 0 Å². The van der Waals surface area contributed by atoms with Gasteiger partial charge in [0, 0.05) is 28.5 Å². The van der Waals surface area contributed by atoms with Gasteiger partial charge < -0.3 is 15.5 Å². The molecule has 0 fully saturated rings. The lowest BCUT2D eigenvalue weighted by Gasteiger charge is -2.11. The Balaban J connectivity index is 1.96. The van der Waals surface area contributed by atoms with Crippen molar-refractivity contribution in [3.63, 3.8) is 0 Å². The van der Waals surface area contributed by atoms with Crippen molar-refractivity contribution in [2.75, 3.05) is 37.8 Å². The summed E-state index contributed by atoms with van der Waals surface area (Å²) in [5.74, 6) is 1.28. The Morgan fingerprint density at radius 3 is 2.55 bits per heavy atom. The average Bonchev–Trinajstić information content (AvgIpc) is 2.43. The maximum atomic E-state index is 5.98. The second-order valence-electron chi connectivity index (χ2n) is 5.13. The average molecular weight is 340 g/mol. The predicted octanol–water partition coefficient (Wildman–Crippen LogP) is 3.89. The Labute approximate surface area is 140 Å². The van der Waals surface area contributed by atoms with Gasteiger partial charge in [0.15, 0.2) is 0 Å². The SMILES string of the molecule is CN(C)CCCNc1nccc(Nc2cc(Cl)cc(Cl)c2)n1. The molecular weight excluding hydrogens is 321 g/mol. The van der Waals surface area contributed by atoms with E-state index in [1.54, 1.807) is 30.5 Å². The molecule has 7 heteroatoms. The molecule has 0 radical (unpaired) electrons. The number of halogens is 2. The number of aromatic nitrogens is 2. The van der Waals surface area contributed by atoms with E-state index < -0.39 is 0 Å². The van der Waals surface area contributed by atoms with Gasteiger partial charge in [0.1, 0.15) is 5.82 Å². The highest BCUT2D eigenvalue weighted by atomic mass is 35.5. The van der Waals surface area contributed by atoms with Gasteiger partial charge in [-0.05, 0) is 51.3 Å². The Morgan fingerprint density at radius 2 is 1.86 bits per heavy atom. The smallest absolute Gasteiger partial charge is 0.224 e. The third-order valence-corrected chi connectivity index (χ3v) is 3.29. The van der Waals surface area contributed by atoms with Crippen LogP contribution in [0.3, 0.4) is 0 Å². The van der Waals surface area contributed by atoms with Gasteiger partial charge in [0.05, 0.1) is 0 Å². The van der Waals surface area contributed by atoms with Crippen LogP contribution < -0.4 is 10.6 Å². The van der Waals surface area contributed by atoms with Crippen LogP contribution in [0.1, 0.15) is 6.42 Å². The summed E-state index contributed by atoms with van der Waals surface area (Å²) in [6.07, 6.45) is 2.73. The van der Waals surface area contributed by atoms with Crippen LogP contribution in [0.5, 0.6) is 0 Å². The van der Waals surface area contributed by atoms with Gasteiger partial charge in [-0.1, -0.05) is 23.2 Å². The highest BCUT2D eigenvalue weighted by molar-refractivity contribution is 6.35. The highest BCUT2D eigenvalue weighted by Crippen LogP contribution is 2.24. The second kappa shape index (κ2) is 8.17. The van der Waals surface area contributed by atoms with E-state index in [-0.39, 0.29) is 0 Å². The van der Waals surface area contributed by atoms with Crippen molar-refractivity contribution in [3.05, 3.63) is 40.5 Å². The van der Waals surface area contributed by atoms with Gasteiger partial charge in [-0.15, -0.1) is 0 Å². The van der Waals surface area contributed by atoms with Crippen molar-refractivity contribution in [2.24, 2.45) is 0 Å². The van der Waals surface area contributed by atoms with Gasteiger partial charge in [0.25, 0.3) is 0 Å². The molecule has 0 saturated carbocycles. The molecule has 0 atom stereocenters. The molecule has 22 heavy (non-hydrogen) atoms. The maximum Gasteiger partial charge on any atom is 0.224 e. The summed E-state index contributed by atoms with van der Waals surface area (Å²) in [5.41, 5.74) is 0.787. The van der Waals surface area contributed by atoms with Crippen LogP contribution in [0.25, 0.3) is 0 Å². The molecular formula is C15H19Cl2N5.